The molecule has 102 valence electrons. The van der Waals surface area contributed by atoms with Crippen molar-refractivity contribution in [3.8, 4) is 5.75 Å². The van der Waals surface area contributed by atoms with Gasteiger partial charge in [-0.3, -0.25) is 0 Å². The van der Waals surface area contributed by atoms with Crippen LogP contribution in [-0.4, -0.2) is 31.2 Å². The molecule has 2 aliphatic heterocycles. The highest BCUT2D eigenvalue weighted by Crippen LogP contribution is 2.26. The number of hydrogen-bond donors (Lipinski definition) is 1. The molecule has 1 saturated heterocycles. The van der Waals surface area contributed by atoms with Crippen molar-refractivity contribution in [1.29, 1.82) is 0 Å². The van der Waals surface area contributed by atoms with Gasteiger partial charge < -0.3 is 19.3 Å². The summed E-state index contributed by atoms with van der Waals surface area (Å²) in [5.41, 5.74) is 1.84. The zero-order valence-corrected chi connectivity index (χ0v) is 10.8. The normalized spacial score (nSPS) is 23.7. The Kier molecular flexibility index (Phi) is 3.71. The Hall–Kier alpha value is -1.52. The van der Waals surface area contributed by atoms with E-state index in [1.807, 2.05) is 24.3 Å². The van der Waals surface area contributed by atoms with E-state index in [9.17, 15) is 5.11 Å². The number of aliphatic hydroxyl groups excluding tert-OH is 1. The van der Waals surface area contributed by atoms with Gasteiger partial charge in [0.2, 0.25) is 0 Å². The average molecular weight is 262 g/mol. The largest absolute Gasteiger partial charge is 0.509 e. The number of benzene rings is 1. The molecule has 0 amide bonds. The van der Waals surface area contributed by atoms with Crippen LogP contribution in [0, 0.1) is 0 Å². The fraction of sp³-hybridized carbons (Fsp3) is 0.467. The SMILES string of the molecule is OC1=C(c2ccc(OC3CCCCO3)cc2)COC1. The molecule has 4 heteroatoms. The lowest BCUT2D eigenvalue weighted by Crippen LogP contribution is -2.24. The molecule has 0 saturated carbocycles. The number of aliphatic hydroxyl groups is 1. The van der Waals surface area contributed by atoms with Gasteiger partial charge in [0.1, 0.15) is 18.1 Å². The summed E-state index contributed by atoms with van der Waals surface area (Å²) in [6.07, 6.45) is 3.09. The third-order valence-electron chi connectivity index (χ3n) is 3.44. The molecule has 1 aromatic rings. The Morgan fingerprint density at radius 3 is 2.58 bits per heavy atom. The first-order chi connectivity index (χ1) is 9.33. The quantitative estimate of drug-likeness (QED) is 0.910. The van der Waals surface area contributed by atoms with E-state index in [0.29, 0.717) is 19.0 Å². The van der Waals surface area contributed by atoms with E-state index in [2.05, 4.69) is 0 Å². The van der Waals surface area contributed by atoms with Crippen LogP contribution in [0.5, 0.6) is 5.75 Å². The zero-order valence-electron chi connectivity index (χ0n) is 10.8. The molecule has 0 bridgehead atoms. The van der Waals surface area contributed by atoms with Gasteiger partial charge >= 0.3 is 0 Å². The summed E-state index contributed by atoms with van der Waals surface area (Å²) in [5, 5.41) is 9.68. The van der Waals surface area contributed by atoms with Crippen LogP contribution in [0.15, 0.2) is 30.0 Å². The Balaban J connectivity index is 1.67. The lowest BCUT2D eigenvalue weighted by Gasteiger charge is -2.23. The van der Waals surface area contributed by atoms with Crippen LogP contribution in [0.1, 0.15) is 24.8 Å². The summed E-state index contributed by atoms with van der Waals surface area (Å²) in [6, 6.07) is 7.70. The van der Waals surface area contributed by atoms with E-state index in [-0.39, 0.29) is 6.29 Å². The maximum Gasteiger partial charge on any atom is 0.199 e. The molecular formula is C15H18O4. The lowest BCUT2D eigenvalue weighted by atomic mass is 10.1. The second kappa shape index (κ2) is 5.63. The number of rotatable bonds is 3. The summed E-state index contributed by atoms with van der Waals surface area (Å²) in [4.78, 5) is 0. The zero-order chi connectivity index (χ0) is 13.1. The van der Waals surface area contributed by atoms with E-state index in [1.165, 1.54) is 0 Å². The van der Waals surface area contributed by atoms with Crippen LogP contribution in [0.2, 0.25) is 0 Å². The lowest BCUT2D eigenvalue weighted by molar-refractivity contribution is -0.105. The van der Waals surface area contributed by atoms with Gasteiger partial charge in [0.05, 0.1) is 13.2 Å². The van der Waals surface area contributed by atoms with Gasteiger partial charge in [-0.2, -0.15) is 0 Å². The van der Waals surface area contributed by atoms with Gasteiger partial charge in [0.15, 0.2) is 6.29 Å². The summed E-state index contributed by atoms with van der Waals surface area (Å²) in [6.45, 7) is 1.56. The van der Waals surface area contributed by atoms with Crippen LogP contribution >= 0.6 is 0 Å². The molecule has 0 aromatic heterocycles. The van der Waals surface area contributed by atoms with E-state index in [1.54, 1.807) is 0 Å². The molecule has 0 radical (unpaired) electrons. The van der Waals surface area contributed by atoms with Crippen LogP contribution in [0.3, 0.4) is 0 Å². The first kappa shape index (κ1) is 12.5. The van der Waals surface area contributed by atoms with Gasteiger partial charge in [0, 0.05) is 12.0 Å². The highest BCUT2D eigenvalue weighted by Gasteiger charge is 2.17. The fourth-order valence-electron chi connectivity index (χ4n) is 2.36. The maximum atomic E-state index is 9.68. The summed E-state index contributed by atoms with van der Waals surface area (Å²) < 4.78 is 16.5. The fourth-order valence-corrected chi connectivity index (χ4v) is 2.36. The third-order valence-corrected chi connectivity index (χ3v) is 3.44. The highest BCUT2D eigenvalue weighted by molar-refractivity contribution is 5.69. The van der Waals surface area contributed by atoms with Crippen molar-refractivity contribution in [2.75, 3.05) is 19.8 Å². The Labute approximate surface area is 112 Å². The van der Waals surface area contributed by atoms with Crippen molar-refractivity contribution in [2.45, 2.75) is 25.6 Å². The highest BCUT2D eigenvalue weighted by atomic mass is 16.7. The monoisotopic (exact) mass is 262 g/mol. The molecule has 4 nitrogen and oxygen atoms in total. The van der Waals surface area contributed by atoms with Gasteiger partial charge in [-0.1, -0.05) is 12.1 Å². The molecule has 1 fully saturated rings. The Bertz CT molecular complexity index is 458. The minimum atomic E-state index is -0.123. The first-order valence-electron chi connectivity index (χ1n) is 6.70. The summed E-state index contributed by atoms with van der Waals surface area (Å²) in [5.74, 6) is 1.12. The van der Waals surface area contributed by atoms with E-state index >= 15 is 0 Å². The van der Waals surface area contributed by atoms with Gasteiger partial charge in [-0.25, -0.2) is 0 Å². The van der Waals surface area contributed by atoms with Crippen LogP contribution in [-0.2, 0) is 9.47 Å². The summed E-state index contributed by atoms with van der Waals surface area (Å²) >= 11 is 0. The van der Waals surface area contributed by atoms with Crippen LogP contribution in [0.25, 0.3) is 5.57 Å². The van der Waals surface area contributed by atoms with Crippen molar-refractivity contribution in [2.24, 2.45) is 0 Å². The molecule has 1 aromatic carbocycles. The van der Waals surface area contributed by atoms with Crippen molar-refractivity contribution in [1.82, 2.24) is 0 Å². The topological polar surface area (TPSA) is 47.9 Å². The van der Waals surface area contributed by atoms with Crippen molar-refractivity contribution >= 4 is 5.57 Å². The van der Waals surface area contributed by atoms with Gasteiger partial charge in [0.25, 0.3) is 0 Å². The second-order valence-corrected chi connectivity index (χ2v) is 4.86. The van der Waals surface area contributed by atoms with E-state index < -0.39 is 0 Å². The predicted octanol–water partition coefficient (Wildman–Crippen LogP) is 2.89. The molecule has 3 rings (SSSR count). The summed E-state index contributed by atoms with van der Waals surface area (Å²) in [7, 11) is 0. The second-order valence-electron chi connectivity index (χ2n) is 4.86. The first-order valence-corrected chi connectivity index (χ1v) is 6.70. The molecule has 1 unspecified atom stereocenters. The standard InChI is InChI=1S/C15H18O4/c16-14-10-17-9-13(14)11-4-6-12(7-5-11)19-15-3-1-2-8-18-15/h4-7,15-16H,1-3,8-10H2. The third kappa shape index (κ3) is 2.91. The minimum Gasteiger partial charge on any atom is -0.509 e. The molecule has 0 aliphatic carbocycles. The smallest absolute Gasteiger partial charge is 0.199 e. The molecule has 1 N–H and O–H groups in total. The van der Waals surface area contributed by atoms with Gasteiger partial charge in [-0.05, 0) is 30.5 Å². The molecule has 2 heterocycles. The van der Waals surface area contributed by atoms with E-state index in [4.69, 9.17) is 14.2 Å². The van der Waals surface area contributed by atoms with Crippen LogP contribution < -0.4 is 4.74 Å². The predicted molar refractivity (Wildman–Crippen MR) is 71.0 cm³/mol. The maximum absolute atomic E-state index is 9.68. The van der Waals surface area contributed by atoms with Crippen molar-refractivity contribution in [3.05, 3.63) is 35.6 Å². The molecule has 19 heavy (non-hydrogen) atoms. The molecule has 2 aliphatic rings. The molecule has 1 atom stereocenters. The number of ether oxygens (including phenoxy) is 3. The van der Waals surface area contributed by atoms with Crippen molar-refractivity contribution < 1.29 is 19.3 Å². The average Bonchev–Trinajstić information content (AvgIpc) is 2.87. The van der Waals surface area contributed by atoms with Gasteiger partial charge in [-0.15, -0.1) is 0 Å². The Morgan fingerprint density at radius 2 is 1.95 bits per heavy atom. The van der Waals surface area contributed by atoms with E-state index in [0.717, 1.165) is 42.8 Å². The Morgan fingerprint density at radius 1 is 1.11 bits per heavy atom. The van der Waals surface area contributed by atoms with Crippen molar-refractivity contribution in [3.63, 3.8) is 0 Å². The number of hydrogen-bond acceptors (Lipinski definition) is 4. The molecule has 0 spiro atoms. The minimum absolute atomic E-state index is 0.123. The molecular weight excluding hydrogens is 244 g/mol. The van der Waals surface area contributed by atoms with Crippen LogP contribution in [0.4, 0.5) is 0 Å².